The highest BCUT2D eigenvalue weighted by atomic mass is 32.2. The molecule has 1 heterocycles. The highest BCUT2D eigenvalue weighted by Crippen LogP contribution is 2.44. The first kappa shape index (κ1) is 34.3. The monoisotopic (exact) mass is 628 g/mol. The number of nitrogens with zero attached hydrogens (tertiary/aromatic N) is 2. The molecule has 1 saturated carbocycles. The maximum Gasteiger partial charge on any atom is 0.213 e. The number of rotatable bonds is 15. The Hall–Kier alpha value is -1.55. The van der Waals surface area contributed by atoms with Crippen molar-refractivity contribution in [2.24, 2.45) is 0 Å². The van der Waals surface area contributed by atoms with Crippen LogP contribution in [0, 0.1) is 0 Å². The van der Waals surface area contributed by atoms with Crippen LogP contribution in [0.4, 0.5) is 0 Å². The third kappa shape index (κ3) is 9.24. The van der Waals surface area contributed by atoms with Crippen LogP contribution in [0.5, 0.6) is 0 Å². The van der Waals surface area contributed by atoms with Crippen LogP contribution in [0.15, 0.2) is 60.7 Å². The molecule has 0 bridgehead atoms. The Labute approximate surface area is 263 Å². The van der Waals surface area contributed by atoms with Crippen LogP contribution in [0.25, 0.3) is 0 Å². The largest absolute Gasteiger partial charge is 0.377 e. The molecule has 6 nitrogen and oxygen atoms in total. The Morgan fingerprint density at radius 2 is 1.53 bits per heavy atom. The third-order valence-corrected chi connectivity index (χ3v) is 12.9. The van der Waals surface area contributed by atoms with Gasteiger partial charge in [-0.25, -0.2) is 8.42 Å². The number of hydrogen-bond acceptors (Lipinski definition) is 5. The van der Waals surface area contributed by atoms with Crippen LogP contribution < -0.4 is 0 Å². The number of ether oxygens (including phenoxy) is 2. The van der Waals surface area contributed by atoms with Gasteiger partial charge in [0.15, 0.2) is 0 Å². The van der Waals surface area contributed by atoms with E-state index in [1.165, 1.54) is 17.4 Å². The summed E-state index contributed by atoms with van der Waals surface area (Å²) < 4.78 is 41.3. The second-order valence-electron chi connectivity index (χ2n) is 14.1. The molecule has 2 aromatic carbocycles. The lowest BCUT2D eigenvalue weighted by Crippen LogP contribution is -2.52. The molecular formula is C35H56N2O4SSi. The van der Waals surface area contributed by atoms with Gasteiger partial charge in [0, 0.05) is 32.8 Å². The summed E-state index contributed by atoms with van der Waals surface area (Å²) >= 11 is 0. The lowest BCUT2D eigenvalue weighted by Gasteiger charge is -2.41. The molecule has 0 aromatic heterocycles. The van der Waals surface area contributed by atoms with Crippen molar-refractivity contribution in [1.29, 1.82) is 0 Å². The van der Waals surface area contributed by atoms with Gasteiger partial charge in [0.2, 0.25) is 10.0 Å². The molecule has 2 atom stereocenters. The van der Waals surface area contributed by atoms with E-state index in [0.29, 0.717) is 19.1 Å². The van der Waals surface area contributed by atoms with E-state index in [4.69, 9.17) is 9.47 Å². The highest BCUT2D eigenvalue weighted by molar-refractivity contribution is 7.88. The van der Waals surface area contributed by atoms with E-state index in [9.17, 15) is 8.42 Å². The standard InChI is InChI=1S/C35H56N2O4SSi/c1-7-35(8-2)25-33(37(42(3,38)39)28-40-23-24-43(4,5)6)34(36(35)26-29-15-11-9-12-16-29)27-41-32-21-19-31(20-22-32)30-17-13-10-14-18-30/h9-18,31-34H,7-8,19-28H2,1-6H3/t31-,32+,33-,34-/m1/s1. The minimum atomic E-state index is -3.50. The quantitative estimate of drug-likeness (QED) is 0.116. The molecule has 0 spiro atoms. The zero-order valence-electron chi connectivity index (χ0n) is 27.5. The van der Waals surface area contributed by atoms with E-state index >= 15 is 0 Å². The second kappa shape index (κ2) is 15.2. The molecule has 8 heteroatoms. The molecule has 2 aromatic rings. The van der Waals surface area contributed by atoms with Crippen LogP contribution in [-0.2, 0) is 26.0 Å². The normalized spacial score (nSPS) is 24.9. The topological polar surface area (TPSA) is 59.1 Å². The Kier molecular flexibility index (Phi) is 12.1. The molecule has 4 rings (SSSR count). The van der Waals surface area contributed by atoms with Gasteiger partial charge in [0.1, 0.15) is 6.73 Å². The number of hydrogen-bond donors (Lipinski definition) is 0. The van der Waals surface area contributed by atoms with Crippen LogP contribution in [0.1, 0.15) is 75.8 Å². The van der Waals surface area contributed by atoms with Crippen molar-refractivity contribution >= 4 is 18.1 Å². The predicted octanol–water partition coefficient (Wildman–Crippen LogP) is 7.51. The predicted molar refractivity (Wildman–Crippen MR) is 181 cm³/mol. The molecule has 0 unspecified atom stereocenters. The van der Waals surface area contributed by atoms with E-state index in [1.54, 1.807) is 4.31 Å². The second-order valence-corrected chi connectivity index (χ2v) is 21.7. The maximum absolute atomic E-state index is 13.4. The van der Waals surface area contributed by atoms with E-state index in [0.717, 1.165) is 57.5 Å². The smallest absolute Gasteiger partial charge is 0.213 e. The van der Waals surface area contributed by atoms with Crippen LogP contribution in [-0.4, -0.2) is 75.6 Å². The van der Waals surface area contributed by atoms with E-state index < -0.39 is 18.1 Å². The van der Waals surface area contributed by atoms with Crippen LogP contribution >= 0.6 is 0 Å². The summed E-state index contributed by atoms with van der Waals surface area (Å²) in [4.78, 5) is 2.59. The SMILES string of the molecule is CCC1(CC)C[C@@H](N(COCC[Si](C)(C)C)S(C)(=O)=O)[C@@H](CO[C@H]2CC[C@@H](c3ccccc3)CC2)N1Cc1ccccc1. The summed E-state index contributed by atoms with van der Waals surface area (Å²) in [6.07, 6.45) is 8.59. The molecule has 0 N–H and O–H groups in total. The Balaban J connectivity index is 1.56. The average Bonchev–Trinajstić information content (AvgIpc) is 3.28. The zero-order valence-corrected chi connectivity index (χ0v) is 29.3. The molecule has 43 heavy (non-hydrogen) atoms. The number of likely N-dealkylation sites (tertiary alicyclic amines) is 1. The van der Waals surface area contributed by atoms with Crippen LogP contribution in [0.3, 0.4) is 0 Å². The van der Waals surface area contributed by atoms with Gasteiger partial charge in [-0.05, 0) is 68.0 Å². The summed E-state index contributed by atoms with van der Waals surface area (Å²) in [5.41, 5.74) is 2.57. The first-order valence-electron chi connectivity index (χ1n) is 16.5. The minimum absolute atomic E-state index is 0.0535. The summed E-state index contributed by atoms with van der Waals surface area (Å²) in [5, 5.41) is 0. The Morgan fingerprint density at radius 3 is 2.09 bits per heavy atom. The van der Waals surface area contributed by atoms with Crippen molar-refractivity contribution in [2.75, 3.05) is 26.2 Å². The average molecular weight is 629 g/mol. The van der Waals surface area contributed by atoms with Gasteiger partial charge in [0.05, 0.1) is 25.0 Å². The van der Waals surface area contributed by atoms with Crippen molar-refractivity contribution in [1.82, 2.24) is 9.21 Å². The van der Waals surface area contributed by atoms with Gasteiger partial charge < -0.3 is 9.47 Å². The summed E-state index contributed by atoms with van der Waals surface area (Å²) in [6, 6.07) is 22.2. The van der Waals surface area contributed by atoms with Gasteiger partial charge in [-0.15, -0.1) is 0 Å². The van der Waals surface area contributed by atoms with Crippen molar-refractivity contribution in [3.05, 3.63) is 71.8 Å². The summed E-state index contributed by atoms with van der Waals surface area (Å²) in [5.74, 6) is 0.594. The van der Waals surface area contributed by atoms with Crippen LogP contribution in [0.2, 0.25) is 25.7 Å². The number of benzene rings is 2. The van der Waals surface area contributed by atoms with Gasteiger partial charge in [-0.1, -0.05) is 94.2 Å². The molecule has 0 radical (unpaired) electrons. The van der Waals surface area contributed by atoms with Crippen molar-refractivity contribution < 1.29 is 17.9 Å². The summed E-state index contributed by atoms with van der Waals surface area (Å²) in [6.45, 7) is 13.5. The Bertz CT molecular complexity index is 1210. The van der Waals surface area contributed by atoms with Crippen molar-refractivity contribution in [2.45, 2.75) is 121 Å². The fraction of sp³-hybridized carbons (Fsp3) is 0.657. The fourth-order valence-corrected chi connectivity index (χ4v) is 8.93. The molecule has 2 aliphatic rings. The molecule has 1 aliphatic carbocycles. The first-order valence-corrected chi connectivity index (χ1v) is 22.0. The van der Waals surface area contributed by atoms with E-state index in [2.05, 4.69) is 99.1 Å². The van der Waals surface area contributed by atoms with Gasteiger partial charge in [0.25, 0.3) is 0 Å². The van der Waals surface area contributed by atoms with Gasteiger partial charge in [-0.2, -0.15) is 4.31 Å². The number of sulfonamides is 1. The Morgan fingerprint density at radius 1 is 0.930 bits per heavy atom. The maximum atomic E-state index is 13.4. The van der Waals surface area contributed by atoms with E-state index in [1.807, 2.05) is 0 Å². The lowest BCUT2D eigenvalue weighted by molar-refractivity contribution is -0.0349. The third-order valence-electron chi connectivity index (χ3n) is 10.0. The molecule has 1 saturated heterocycles. The van der Waals surface area contributed by atoms with Crippen molar-refractivity contribution in [3.8, 4) is 0 Å². The lowest BCUT2D eigenvalue weighted by atomic mass is 9.83. The van der Waals surface area contributed by atoms with Crippen molar-refractivity contribution in [3.63, 3.8) is 0 Å². The van der Waals surface area contributed by atoms with Gasteiger partial charge in [-0.3, -0.25) is 4.90 Å². The molecule has 0 amide bonds. The molecule has 2 fully saturated rings. The minimum Gasteiger partial charge on any atom is -0.377 e. The molecule has 240 valence electrons. The molecule has 1 aliphatic heterocycles. The molecular weight excluding hydrogens is 573 g/mol. The van der Waals surface area contributed by atoms with Gasteiger partial charge >= 0.3 is 0 Å². The zero-order chi connectivity index (χ0) is 31.1. The van der Waals surface area contributed by atoms with E-state index in [-0.39, 0.29) is 30.5 Å². The highest BCUT2D eigenvalue weighted by Gasteiger charge is 2.53. The fourth-order valence-electron chi connectivity index (χ4n) is 7.20. The first-order chi connectivity index (χ1) is 20.5. The summed E-state index contributed by atoms with van der Waals surface area (Å²) in [7, 11) is -4.79.